The molecule has 0 spiro atoms. The number of aliphatic imine (C=N–C) groups is 1. The first-order chi connectivity index (χ1) is 14.9. The van der Waals surface area contributed by atoms with Gasteiger partial charge in [-0.1, -0.05) is 56.0 Å². The molecular formula is C27H34FN3. The lowest BCUT2D eigenvalue weighted by Gasteiger charge is -2.26. The average Bonchev–Trinajstić information content (AvgIpc) is 2.77. The zero-order chi connectivity index (χ0) is 22.8. The summed E-state index contributed by atoms with van der Waals surface area (Å²) in [6, 6.07) is 15.0. The van der Waals surface area contributed by atoms with E-state index in [0.717, 1.165) is 34.6 Å². The fraction of sp³-hybridized carbons (Fsp3) is 0.296. The molecule has 2 aromatic carbocycles. The van der Waals surface area contributed by atoms with Gasteiger partial charge < -0.3 is 10.6 Å². The normalized spacial score (nSPS) is 14.7. The van der Waals surface area contributed by atoms with Crippen molar-refractivity contribution in [1.29, 1.82) is 0 Å². The topological polar surface area (TPSA) is 36.4 Å². The predicted molar refractivity (Wildman–Crippen MR) is 133 cm³/mol. The largest absolute Gasteiger partial charge is 0.381 e. The van der Waals surface area contributed by atoms with Crippen LogP contribution in [0.15, 0.2) is 84.5 Å². The molecule has 0 bridgehead atoms. The molecule has 164 valence electrons. The van der Waals surface area contributed by atoms with E-state index in [2.05, 4.69) is 42.6 Å². The van der Waals surface area contributed by atoms with Crippen LogP contribution in [0.25, 0.3) is 5.70 Å². The smallest absolute Gasteiger partial charge is 0.123 e. The number of para-hydroxylation sites is 1. The molecule has 3 unspecified atom stereocenters. The fourth-order valence-corrected chi connectivity index (χ4v) is 3.45. The molecule has 0 heterocycles. The Bertz CT molecular complexity index is 945. The molecule has 2 N–H and O–H groups in total. The van der Waals surface area contributed by atoms with Crippen molar-refractivity contribution in [3.63, 3.8) is 0 Å². The van der Waals surface area contributed by atoms with Gasteiger partial charge in [0.25, 0.3) is 0 Å². The zero-order valence-electron chi connectivity index (χ0n) is 19.0. The Morgan fingerprint density at radius 1 is 1.13 bits per heavy atom. The maximum atomic E-state index is 13.6. The number of nitrogens with zero attached hydrogens (tertiary/aromatic N) is 1. The van der Waals surface area contributed by atoms with Crippen LogP contribution in [0.4, 0.5) is 10.1 Å². The molecule has 2 rings (SSSR count). The third-order valence-electron chi connectivity index (χ3n) is 5.46. The summed E-state index contributed by atoms with van der Waals surface area (Å²) in [4.78, 5) is 4.40. The van der Waals surface area contributed by atoms with Crippen molar-refractivity contribution in [1.82, 2.24) is 5.32 Å². The standard InChI is InChI=1S/C27H34FN3/c1-7-24(29-9-3)18-25(8-2)30-21(6)26-15-10-11-16-27(26)31-20(5)19(4)22-13-12-14-23(28)17-22/h7-17,19-20,25,30-31H,2,6,18H2,1,3-5H3/b24-7-,29-9?. The molecule has 0 saturated heterocycles. The predicted octanol–water partition coefficient (Wildman–Crippen LogP) is 6.93. The van der Waals surface area contributed by atoms with E-state index in [9.17, 15) is 4.39 Å². The Hall–Kier alpha value is -3.14. The molecule has 0 aliphatic heterocycles. The molecular weight excluding hydrogens is 385 g/mol. The first-order valence-electron chi connectivity index (χ1n) is 10.7. The minimum atomic E-state index is -0.210. The van der Waals surface area contributed by atoms with Gasteiger partial charge in [0.15, 0.2) is 0 Å². The van der Waals surface area contributed by atoms with Crippen molar-refractivity contribution in [2.24, 2.45) is 4.99 Å². The van der Waals surface area contributed by atoms with Crippen molar-refractivity contribution < 1.29 is 4.39 Å². The summed E-state index contributed by atoms with van der Waals surface area (Å²) < 4.78 is 13.6. The summed E-state index contributed by atoms with van der Waals surface area (Å²) in [5, 5.41) is 7.06. The van der Waals surface area contributed by atoms with Gasteiger partial charge in [-0.15, -0.1) is 6.58 Å². The van der Waals surface area contributed by atoms with E-state index < -0.39 is 0 Å². The van der Waals surface area contributed by atoms with Gasteiger partial charge in [-0.3, -0.25) is 4.99 Å². The molecule has 3 atom stereocenters. The van der Waals surface area contributed by atoms with Gasteiger partial charge in [-0.2, -0.15) is 0 Å². The Morgan fingerprint density at radius 3 is 2.52 bits per heavy atom. The number of hydrogen-bond acceptors (Lipinski definition) is 3. The van der Waals surface area contributed by atoms with Crippen LogP contribution in [0.5, 0.6) is 0 Å². The van der Waals surface area contributed by atoms with Crippen molar-refractivity contribution >= 4 is 17.6 Å². The van der Waals surface area contributed by atoms with Gasteiger partial charge >= 0.3 is 0 Å². The first kappa shape index (κ1) is 24.1. The highest BCUT2D eigenvalue weighted by atomic mass is 19.1. The molecule has 0 saturated carbocycles. The summed E-state index contributed by atoms with van der Waals surface area (Å²) >= 11 is 0. The lowest BCUT2D eigenvalue weighted by atomic mass is 9.94. The second-order valence-electron chi connectivity index (χ2n) is 7.66. The van der Waals surface area contributed by atoms with Crippen molar-refractivity contribution in [2.45, 2.75) is 52.1 Å². The van der Waals surface area contributed by atoms with Gasteiger partial charge in [0.1, 0.15) is 5.82 Å². The summed E-state index contributed by atoms with van der Waals surface area (Å²) in [6.07, 6.45) is 6.41. The van der Waals surface area contributed by atoms with Crippen molar-refractivity contribution in [3.8, 4) is 0 Å². The maximum absolute atomic E-state index is 13.6. The molecule has 0 radical (unpaired) electrons. The number of halogens is 1. The van der Waals surface area contributed by atoms with Crippen LogP contribution >= 0.6 is 0 Å². The Labute approximate surface area is 186 Å². The summed E-state index contributed by atoms with van der Waals surface area (Å²) in [5.41, 5.74) is 4.76. The number of anilines is 1. The number of allylic oxidation sites excluding steroid dienone is 1. The Balaban J connectivity index is 2.14. The summed E-state index contributed by atoms with van der Waals surface area (Å²) in [5.74, 6) is -0.0760. The van der Waals surface area contributed by atoms with Crippen LogP contribution in [-0.2, 0) is 0 Å². The zero-order valence-corrected chi connectivity index (χ0v) is 19.0. The summed E-state index contributed by atoms with van der Waals surface area (Å²) in [6.45, 7) is 16.3. The second-order valence-corrected chi connectivity index (χ2v) is 7.66. The highest BCUT2D eigenvalue weighted by molar-refractivity contribution is 5.74. The SMILES string of the molecule is C=CC(C/C(=C/C)N=CC)NC(=C)c1ccccc1NC(C)C(C)c1cccc(F)c1. The van der Waals surface area contributed by atoms with E-state index in [1.807, 2.05) is 56.3 Å². The Kier molecular flexibility index (Phi) is 9.26. The van der Waals surface area contributed by atoms with Gasteiger partial charge in [0, 0.05) is 53.3 Å². The van der Waals surface area contributed by atoms with Crippen LogP contribution < -0.4 is 10.6 Å². The third kappa shape index (κ3) is 6.95. The summed E-state index contributed by atoms with van der Waals surface area (Å²) in [7, 11) is 0. The molecule has 0 aliphatic carbocycles. The highest BCUT2D eigenvalue weighted by Crippen LogP contribution is 2.27. The lowest BCUT2D eigenvalue weighted by Crippen LogP contribution is -2.27. The van der Waals surface area contributed by atoms with Gasteiger partial charge in [0.2, 0.25) is 0 Å². The minimum Gasteiger partial charge on any atom is -0.381 e. The third-order valence-corrected chi connectivity index (χ3v) is 5.46. The molecule has 31 heavy (non-hydrogen) atoms. The Morgan fingerprint density at radius 2 is 1.87 bits per heavy atom. The van der Waals surface area contributed by atoms with Gasteiger partial charge in [-0.05, 0) is 44.5 Å². The van der Waals surface area contributed by atoms with E-state index in [0.29, 0.717) is 0 Å². The van der Waals surface area contributed by atoms with E-state index >= 15 is 0 Å². The quantitative estimate of drug-likeness (QED) is 0.306. The van der Waals surface area contributed by atoms with Crippen LogP contribution in [0.3, 0.4) is 0 Å². The number of nitrogens with one attached hydrogen (secondary N) is 2. The van der Waals surface area contributed by atoms with Crippen LogP contribution in [0.2, 0.25) is 0 Å². The molecule has 0 amide bonds. The van der Waals surface area contributed by atoms with Crippen molar-refractivity contribution in [3.05, 3.63) is 96.5 Å². The molecule has 2 aromatic rings. The van der Waals surface area contributed by atoms with E-state index in [-0.39, 0.29) is 23.8 Å². The molecule has 4 heteroatoms. The van der Waals surface area contributed by atoms with E-state index in [4.69, 9.17) is 0 Å². The minimum absolute atomic E-state index is 0.0131. The molecule has 0 aliphatic rings. The van der Waals surface area contributed by atoms with Crippen LogP contribution in [-0.4, -0.2) is 18.3 Å². The van der Waals surface area contributed by atoms with Gasteiger partial charge in [0.05, 0.1) is 0 Å². The number of hydrogen-bond donors (Lipinski definition) is 2. The molecule has 3 nitrogen and oxygen atoms in total. The number of benzene rings is 2. The average molecular weight is 420 g/mol. The van der Waals surface area contributed by atoms with Crippen LogP contribution in [0, 0.1) is 5.82 Å². The fourth-order valence-electron chi connectivity index (χ4n) is 3.45. The highest BCUT2D eigenvalue weighted by Gasteiger charge is 2.17. The first-order valence-corrected chi connectivity index (χ1v) is 10.7. The van der Waals surface area contributed by atoms with Gasteiger partial charge in [-0.25, -0.2) is 4.39 Å². The van der Waals surface area contributed by atoms with Crippen molar-refractivity contribution in [2.75, 3.05) is 5.32 Å². The molecule has 0 aromatic heterocycles. The maximum Gasteiger partial charge on any atom is 0.123 e. The second kappa shape index (κ2) is 11.9. The monoisotopic (exact) mass is 419 g/mol. The van der Waals surface area contributed by atoms with E-state index in [1.165, 1.54) is 6.07 Å². The lowest BCUT2D eigenvalue weighted by molar-refractivity contribution is 0.609. The number of rotatable bonds is 11. The van der Waals surface area contributed by atoms with E-state index in [1.54, 1.807) is 18.3 Å². The molecule has 0 fully saturated rings. The van der Waals surface area contributed by atoms with Crippen LogP contribution in [0.1, 0.15) is 51.2 Å².